The van der Waals surface area contributed by atoms with Gasteiger partial charge in [0.2, 0.25) is 34.2 Å². The van der Waals surface area contributed by atoms with Crippen molar-refractivity contribution in [3.05, 3.63) is 268 Å². The summed E-state index contributed by atoms with van der Waals surface area (Å²) in [5.41, 5.74) is 19.3. The van der Waals surface area contributed by atoms with Crippen LogP contribution in [0.15, 0.2) is 268 Å². The van der Waals surface area contributed by atoms with Gasteiger partial charge in [0.25, 0.3) is 0 Å². The molecule has 0 saturated carbocycles. The summed E-state index contributed by atoms with van der Waals surface area (Å²) in [5, 5.41) is 74.5. The number of rotatable bonds is 8. The van der Waals surface area contributed by atoms with E-state index < -0.39 is 41.0 Å². The van der Waals surface area contributed by atoms with Gasteiger partial charge in [-0.3, -0.25) is 58.4 Å². The SMILES string of the molecule is CC#N.[O-][Cl+3]([O-])([O-])[O-].[O-][Cl+3]([O-])([O-])[O-].[O-][Cl+3]([O-])([O-])[O-].[O-][Cl+3]([O-])([O-])[O-].[Zn+2].[Zn+2].c1cc(-c2[n-]n[n+]3ccccc23)nc(-c2n[n-][n+]3ccccc23)c1.c1cc(-c2[n-]n[n+]3ccccc23)nc(-c2n[n-][n+]3ccccc23)c1.c1cc(-c2n[n-][n+]3ccccc23)nc(-c2n[n-][n+]3ccccc23)c1.c1cc(-c2n[n-][n+]3ccccc23)nc(-c2n[n-][n+]3ccccc23)c1. The molecule has 0 aliphatic carbocycles. The number of aromatic nitrogens is 28. The van der Waals surface area contributed by atoms with E-state index in [0.717, 1.165) is 135 Å². The van der Waals surface area contributed by atoms with Crippen LogP contribution in [0, 0.1) is 52.3 Å². The Morgan fingerprint density at radius 2 is 0.413 bits per heavy atom. The number of hydrogen-bond acceptors (Lipinski definition) is 29. The van der Waals surface area contributed by atoms with Gasteiger partial charge in [-0.25, -0.2) is 104 Å². The topological polar surface area (TPSA) is 693 Å². The molecule has 45 nitrogen and oxygen atoms in total. The van der Waals surface area contributed by atoms with Crippen LogP contribution in [0.25, 0.3) is 135 Å². The van der Waals surface area contributed by atoms with E-state index >= 15 is 0 Å². The molecule has 0 N–H and O–H groups in total. The summed E-state index contributed by atoms with van der Waals surface area (Å²) in [7, 11) is -19.8. The first kappa shape index (κ1) is 90.1. The van der Waals surface area contributed by atoms with Gasteiger partial charge >= 0.3 is 39.0 Å². The molecule has 0 fully saturated rings. The van der Waals surface area contributed by atoms with Crippen molar-refractivity contribution in [3.8, 4) is 97.2 Å². The largest absolute Gasteiger partial charge is 2.00 e. The summed E-state index contributed by atoms with van der Waals surface area (Å²) < 4.78 is 150. The molecule has 0 amide bonds. The molecule has 20 aromatic heterocycles. The molecule has 0 unspecified atom stereocenters. The van der Waals surface area contributed by atoms with E-state index in [0.29, 0.717) is 0 Å². The molecule has 20 heterocycles. The summed E-state index contributed by atoms with van der Waals surface area (Å²) in [6, 6.07) is 71.6. The number of nitrogens with zero attached hydrogens (tertiary/aromatic N) is 29. The van der Waals surface area contributed by atoms with Crippen molar-refractivity contribution in [1.29, 1.82) is 5.26 Å². The average Bonchev–Trinajstić information content (AvgIpc) is 1.66. The quantitative estimate of drug-likeness (QED) is 0.101. The summed E-state index contributed by atoms with van der Waals surface area (Å²) in [4.78, 5) is 18.9. The van der Waals surface area contributed by atoms with E-state index in [4.69, 9.17) is 99.7 Å². The van der Waals surface area contributed by atoms with Gasteiger partial charge in [-0.05, 0) is 146 Å². The van der Waals surface area contributed by atoms with E-state index in [1.807, 2.05) is 268 Å². The average molecular weight is 1820 g/mol. The van der Waals surface area contributed by atoms with Crippen molar-refractivity contribution < 1.29 is 191 Å². The Bertz CT molecular complexity index is 5670. The van der Waals surface area contributed by atoms with Crippen molar-refractivity contribution in [1.82, 2.24) is 102 Å². The van der Waals surface area contributed by atoms with E-state index in [1.54, 1.807) is 42.2 Å². The Morgan fingerprint density at radius 1 is 0.248 bits per heavy atom. The maximum Gasteiger partial charge on any atom is 2.00 e. The van der Waals surface area contributed by atoms with Gasteiger partial charge in [0, 0.05) is 19.3 Å². The third-order valence-corrected chi connectivity index (χ3v) is 15.5. The Balaban J connectivity index is 0.000000155. The van der Waals surface area contributed by atoms with Crippen molar-refractivity contribution in [3.63, 3.8) is 0 Å². The van der Waals surface area contributed by atoms with Gasteiger partial charge in [-0.15, -0.1) is 81.8 Å². The zero-order chi connectivity index (χ0) is 84.4. The van der Waals surface area contributed by atoms with Crippen LogP contribution < -0.4 is 152 Å². The second-order valence-corrected chi connectivity index (χ2v) is 26.1. The molecule has 0 saturated heterocycles. The second-order valence-electron chi connectivity index (χ2n) is 23.1. The van der Waals surface area contributed by atoms with E-state index in [-0.39, 0.29) is 39.0 Å². The van der Waals surface area contributed by atoms with Crippen LogP contribution >= 0.6 is 0 Å². The van der Waals surface area contributed by atoms with Crippen molar-refractivity contribution in [2.24, 2.45) is 0 Å². The minimum Gasteiger partial charge on any atom is -0.298 e. The molecule has 600 valence electrons. The molecule has 0 atom stereocenters. The fraction of sp³-hybridized carbons (Fsp3) is 0.0143. The number of nitriles is 1. The zero-order valence-electron chi connectivity index (χ0n) is 61.3. The third-order valence-electron chi connectivity index (χ3n) is 15.5. The standard InChI is InChI=1S/4C17H11N7.C2H3N.4ClHO4.2Zn/c4*1-3-10-23-14(8-1)16(19-21-23)12-6-5-7-13(18-12)17-15-9-2-4-11-24(15)22-20-17;1-2-3;4*2-1(3,4)5;;/h4*1-11H;1H3;4*(H,2,3,4,5);;/q;;;;;;;;;2*+2/p-4. The molecule has 0 bridgehead atoms. The molecule has 20 rings (SSSR count). The molecule has 0 spiro atoms. The van der Waals surface area contributed by atoms with Crippen molar-refractivity contribution in [2.45, 2.75) is 6.92 Å². The smallest absolute Gasteiger partial charge is 0.298 e. The first-order valence-electron chi connectivity index (χ1n) is 33.1. The van der Waals surface area contributed by atoms with Crippen molar-refractivity contribution >= 4 is 44.1 Å². The van der Waals surface area contributed by atoms with Crippen LogP contribution in [0.5, 0.6) is 0 Å². The maximum atomic E-state index is 8.49. The van der Waals surface area contributed by atoms with Crippen LogP contribution in [-0.2, 0) is 39.0 Å². The summed E-state index contributed by atoms with van der Waals surface area (Å²) in [5.74, 6) is 0. The first-order chi connectivity index (χ1) is 57.0. The summed E-state index contributed by atoms with van der Waals surface area (Å²) in [6.45, 7) is 1.43. The van der Waals surface area contributed by atoms with Gasteiger partial charge in [0.1, 0.15) is 45.6 Å². The monoisotopic (exact) mass is 1820 g/mol. The van der Waals surface area contributed by atoms with Crippen LogP contribution in [0.3, 0.4) is 0 Å². The fourth-order valence-electron chi connectivity index (χ4n) is 11.0. The van der Waals surface area contributed by atoms with Gasteiger partial charge in [0.05, 0.1) is 65.7 Å². The minimum atomic E-state index is -4.94. The van der Waals surface area contributed by atoms with Gasteiger partial charge < -0.3 is 0 Å². The van der Waals surface area contributed by atoms with Crippen LogP contribution in [-0.4, -0.2) is 61.0 Å². The molecule has 0 aromatic carbocycles. The minimum absolute atomic E-state index is 0. The maximum absolute atomic E-state index is 8.49. The Hall–Kier alpha value is -13.2. The fourth-order valence-corrected chi connectivity index (χ4v) is 11.0. The van der Waals surface area contributed by atoms with Gasteiger partial charge in [-0.2, -0.15) is 5.26 Å². The molecule has 0 aliphatic rings. The molecule has 0 aliphatic heterocycles. The van der Waals surface area contributed by atoms with E-state index in [9.17, 15) is 0 Å². The predicted octanol–water partition coefficient (Wildman–Crippen LogP) is -16.1. The first-order valence-corrected chi connectivity index (χ1v) is 38.0. The van der Waals surface area contributed by atoms with Gasteiger partial charge in [0.15, 0.2) is 33.1 Å². The molecule has 20 aromatic rings. The number of hydrogen-bond donors (Lipinski definition) is 0. The number of fused-ring (bicyclic) bond motifs is 8. The van der Waals surface area contributed by atoms with Crippen LogP contribution in [0.2, 0.25) is 0 Å². The molecule has 121 heavy (non-hydrogen) atoms. The second kappa shape index (κ2) is 40.5. The van der Waals surface area contributed by atoms with Gasteiger partial charge in [-0.1, -0.05) is 83.2 Å². The zero-order valence-corrected chi connectivity index (χ0v) is 70.3. The summed E-state index contributed by atoms with van der Waals surface area (Å²) in [6.07, 6.45) is 14.9. The molecule has 0 radical (unpaired) electrons. The normalized spacial score (nSPS) is 11.0. The molecular formula is C70H47Cl4N29O16Zn2. The summed E-state index contributed by atoms with van der Waals surface area (Å²) >= 11 is 0. The van der Waals surface area contributed by atoms with Crippen LogP contribution in [0.4, 0.5) is 0 Å². The molecule has 51 heteroatoms. The Morgan fingerprint density at radius 3 is 0.612 bits per heavy atom. The Kier molecular flexibility index (Phi) is 30.2. The molecular weight excluding hydrogens is 1780 g/mol. The Labute approximate surface area is 709 Å². The third kappa shape index (κ3) is 24.5. The number of pyridine rings is 12. The van der Waals surface area contributed by atoms with E-state index in [2.05, 4.69) is 82.5 Å². The van der Waals surface area contributed by atoms with Crippen molar-refractivity contribution in [2.75, 3.05) is 0 Å². The number of halogens is 4. The van der Waals surface area contributed by atoms with E-state index in [1.165, 1.54) is 6.92 Å². The predicted molar refractivity (Wildman–Crippen MR) is 346 cm³/mol. The van der Waals surface area contributed by atoms with Crippen LogP contribution in [0.1, 0.15) is 6.92 Å².